The number of benzene rings is 1. The van der Waals surface area contributed by atoms with E-state index in [0.29, 0.717) is 0 Å². The van der Waals surface area contributed by atoms with Gasteiger partial charge in [-0.25, -0.2) is 10.4 Å². The molecule has 2 rings (SSSR count). The lowest BCUT2D eigenvalue weighted by Gasteiger charge is -2.00. The molecule has 0 bridgehead atoms. The summed E-state index contributed by atoms with van der Waals surface area (Å²) in [5, 5.41) is 6.90. The summed E-state index contributed by atoms with van der Waals surface area (Å²) >= 11 is 1.50. The van der Waals surface area contributed by atoms with Crippen molar-refractivity contribution < 1.29 is 4.79 Å². The molecule has 1 aromatic heterocycles. The van der Waals surface area contributed by atoms with Crippen molar-refractivity contribution in [1.29, 1.82) is 0 Å². The van der Waals surface area contributed by atoms with Crippen LogP contribution < -0.4 is 5.43 Å². The first-order valence-electron chi connectivity index (χ1n) is 7.51. The van der Waals surface area contributed by atoms with Gasteiger partial charge in [0, 0.05) is 16.7 Å². The Kier molecular flexibility index (Phi) is 6.27. The molecule has 22 heavy (non-hydrogen) atoms. The van der Waals surface area contributed by atoms with E-state index in [2.05, 4.69) is 22.4 Å². The minimum Gasteiger partial charge on any atom is -0.273 e. The van der Waals surface area contributed by atoms with Gasteiger partial charge in [-0.3, -0.25) is 4.79 Å². The number of nitrogens with zero attached hydrogens (tertiary/aromatic N) is 2. The van der Waals surface area contributed by atoms with Crippen molar-refractivity contribution in [3.8, 4) is 11.3 Å². The van der Waals surface area contributed by atoms with E-state index in [0.717, 1.165) is 41.2 Å². The largest absolute Gasteiger partial charge is 0.273 e. The molecule has 116 valence electrons. The molecule has 1 amide bonds. The van der Waals surface area contributed by atoms with Gasteiger partial charge in [0.05, 0.1) is 12.1 Å². The monoisotopic (exact) mass is 315 g/mol. The zero-order valence-electron chi connectivity index (χ0n) is 13.0. The van der Waals surface area contributed by atoms with Gasteiger partial charge in [-0.15, -0.1) is 11.3 Å². The molecular formula is C17H21N3OS. The molecule has 0 saturated carbocycles. The first-order valence-corrected chi connectivity index (χ1v) is 8.39. The van der Waals surface area contributed by atoms with Gasteiger partial charge < -0.3 is 0 Å². The first-order chi connectivity index (χ1) is 10.7. The van der Waals surface area contributed by atoms with Gasteiger partial charge >= 0.3 is 0 Å². The van der Waals surface area contributed by atoms with Crippen LogP contribution in [0.4, 0.5) is 0 Å². The number of aromatic nitrogens is 1. The Balaban J connectivity index is 1.89. The lowest BCUT2D eigenvalue weighted by molar-refractivity contribution is -0.120. The molecule has 0 aliphatic carbocycles. The SMILES string of the molecule is CCCC/C(C)=N\NC(=O)Cc1nc(-c2ccccc2)cs1. The van der Waals surface area contributed by atoms with Crippen LogP contribution in [0.15, 0.2) is 40.8 Å². The minimum atomic E-state index is -0.121. The molecule has 0 fully saturated rings. The Bertz CT molecular complexity index is 634. The van der Waals surface area contributed by atoms with Crippen LogP contribution in [0.25, 0.3) is 11.3 Å². The van der Waals surface area contributed by atoms with E-state index in [1.165, 1.54) is 11.3 Å². The summed E-state index contributed by atoms with van der Waals surface area (Å²) in [7, 11) is 0. The van der Waals surface area contributed by atoms with Crippen molar-refractivity contribution in [2.45, 2.75) is 39.5 Å². The number of carbonyl (C=O) groups is 1. The van der Waals surface area contributed by atoms with Crippen LogP contribution in [0.2, 0.25) is 0 Å². The maximum Gasteiger partial charge on any atom is 0.246 e. The molecule has 0 spiro atoms. The van der Waals surface area contributed by atoms with E-state index in [1.807, 2.05) is 42.6 Å². The topological polar surface area (TPSA) is 54.4 Å². The lowest BCUT2D eigenvalue weighted by Crippen LogP contribution is -2.21. The Morgan fingerprint density at radius 3 is 2.82 bits per heavy atom. The van der Waals surface area contributed by atoms with Gasteiger partial charge in [-0.05, 0) is 19.8 Å². The summed E-state index contributed by atoms with van der Waals surface area (Å²) in [5.74, 6) is -0.121. The highest BCUT2D eigenvalue weighted by molar-refractivity contribution is 7.10. The fraction of sp³-hybridized carbons (Fsp3) is 0.353. The number of hydrazone groups is 1. The number of rotatable bonds is 7. The van der Waals surface area contributed by atoms with E-state index in [1.54, 1.807) is 0 Å². The minimum absolute atomic E-state index is 0.121. The lowest BCUT2D eigenvalue weighted by atomic mass is 10.2. The second-order valence-corrected chi connectivity index (χ2v) is 6.10. The van der Waals surface area contributed by atoms with Crippen molar-refractivity contribution >= 4 is 23.0 Å². The third-order valence-electron chi connectivity index (χ3n) is 3.20. The first kappa shape index (κ1) is 16.4. The maximum atomic E-state index is 11.9. The van der Waals surface area contributed by atoms with Crippen LogP contribution in [0, 0.1) is 0 Å². The van der Waals surface area contributed by atoms with Crippen molar-refractivity contribution in [1.82, 2.24) is 10.4 Å². The second-order valence-electron chi connectivity index (χ2n) is 5.15. The zero-order valence-corrected chi connectivity index (χ0v) is 13.8. The molecule has 0 saturated heterocycles. The summed E-state index contributed by atoms with van der Waals surface area (Å²) in [4.78, 5) is 16.4. The molecular weight excluding hydrogens is 294 g/mol. The highest BCUT2D eigenvalue weighted by Gasteiger charge is 2.08. The quantitative estimate of drug-likeness (QED) is 0.619. The van der Waals surface area contributed by atoms with Crippen LogP contribution >= 0.6 is 11.3 Å². The van der Waals surface area contributed by atoms with Crippen LogP contribution in [0.5, 0.6) is 0 Å². The summed E-state index contributed by atoms with van der Waals surface area (Å²) in [6, 6.07) is 9.97. The van der Waals surface area contributed by atoms with Gasteiger partial charge in [-0.1, -0.05) is 43.7 Å². The molecule has 0 aliphatic rings. The van der Waals surface area contributed by atoms with Crippen LogP contribution in [-0.2, 0) is 11.2 Å². The number of nitrogens with one attached hydrogen (secondary N) is 1. The Morgan fingerprint density at radius 1 is 1.32 bits per heavy atom. The van der Waals surface area contributed by atoms with E-state index >= 15 is 0 Å². The molecule has 4 nitrogen and oxygen atoms in total. The fourth-order valence-corrected chi connectivity index (χ4v) is 2.76. The fourth-order valence-electron chi connectivity index (χ4n) is 1.96. The van der Waals surface area contributed by atoms with Gasteiger partial charge in [0.15, 0.2) is 0 Å². The zero-order chi connectivity index (χ0) is 15.8. The summed E-state index contributed by atoms with van der Waals surface area (Å²) in [5.41, 5.74) is 5.54. The van der Waals surface area contributed by atoms with Crippen LogP contribution in [-0.4, -0.2) is 16.6 Å². The number of unbranched alkanes of at least 4 members (excludes halogenated alkanes) is 1. The van der Waals surface area contributed by atoms with E-state index < -0.39 is 0 Å². The summed E-state index contributed by atoms with van der Waals surface area (Å²) in [6.07, 6.45) is 3.41. The number of hydrogen-bond acceptors (Lipinski definition) is 4. The van der Waals surface area contributed by atoms with Gasteiger partial charge in [0.2, 0.25) is 5.91 Å². The smallest absolute Gasteiger partial charge is 0.246 e. The number of thiazole rings is 1. The third kappa shape index (κ3) is 5.07. The van der Waals surface area contributed by atoms with Gasteiger partial charge in [0.25, 0.3) is 0 Å². The average Bonchev–Trinajstić information content (AvgIpc) is 3.00. The molecule has 0 radical (unpaired) electrons. The standard InChI is InChI=1S/C17H21N3OS/c1-3-4-8-13(2)19-20-16(21)11-17-18-15(12-22-17)14-9-6-5-7-10-14/h5-7,9-10,12H,3-4,8,11H2,1-2H3,(H,20,21)/b19-13-. The third-order valence-corrected chi connectivity index (χ3v) is 4.05. The Labute approximate surface area is 135 Å². The molecule has 1 heterocycles. The maximum absolute atomic E-state index is 11.9. The van der Waals surface area contributed by atoms with E-state index in [4.69, 9.17) is 0 Å². The van der Waals surface area contributed by atoms with E-state index in [9.17, 15) is 4.79 Å². The molecule has 2 aromatic rings. The Hall–Kier alpha value is -2.01. The predicted octanol–water partition coefficient (Wildman–Crippen LogP) is 4.03. The van der Waals surface area contributed by atoms with Crippen LogP contribution in [0.1, 0.15) is 38.1 Å². The molecule has 0 aliphatic heterocycles. The van der Waals surface area contributed by atoms with Crippen LogP contribution in [0.3, 0.4) is 0 Å². The highest BCUT2D eigenvalue weighted by atomic mass is 32.1. The van der Waals surface area contributed by atoms with Crippen molar-refractivity contribution in [2.75, 3.05) is 0 Å². The number of carbonyl (C=O) groups excluding carboxylic acids is 1. The van der Waals surface area contributed by atoms with Crippen molar-refractivity contribution in [3.05, 3.63) is 40.7 Å². The Morgan fingerprint density at radius 2 is 2.09 bits per heavy atom. The van der Waals surface area contributed by atoms with E-state index in [-0.39, 0.29) is 12.3 Å². The second kappa shape index (κ2) is 8.44. The summed E-state index contributed by atoms with van der Waals surface area (Å²) < 4.78 is 0. The number of hydrogen-bond donors (Lipinski definition) is 1. The molecule has 1 aromatic carbocycles. The number of amides is 1. The molecule has 0 atom stereocenters. The van der Waals surface area contributed by atoms with Gasteiger partial charge in [-0.2, -0.15) is 5.10 Å². The van der Waals surface area contributed by atoms with Crippen molar-refractivity contribution in [2.24, 2.45) is 5.10 Å². The normalized spacial score (nSPS) is 11.5. The average molecular weight is 315 g/mol. The predicted molar refractivity (Wildman–Crippen MR) is 92.0 cm³/mol. The molecule has 1 N–H and O–H groups in total. The van der Waals surface area contributed by atoms with Gasteiger partial charge in [0.1, 0.15) is 5.01 Å². The molecule has 0 unspecified atom stereocenters. The highest BCUT2D eigenvalue weighted by Crippen LogP contribution is 2.21. The van der Waals surface area contributed by atoms with Crippen molar-refractivity contribution in [3.63, 3.8) is 0 Å². The summed E-state index contributed by atoms with van der Waals surface area (Å²) in [6.45, 7) is 4.07. The molecule has 5 heteroatoms.